The molecule has 0 spiro atoms. The zero-order chi connectivity index (χ0) is 18.4. The van der Waals surface area contributed by atoms with Gasteiger partial charge in [-0.15, -0.1) is 0 Å². The molecular weight excluding hydrogens is 328 g/mol. The van der Waals surface area contributed by atoms with Crippen molar-refractivity contribution >= 4 is 23.9 Å². The predicted molar refractivity (Wildman–Crippen MR) is 74.2 cm³/mol. The van der Waals surface area contributed by atoms with Crippen molar-refractivity contribution in [3.63, 3.8) is 0 Å². The summed E-state index contributed by atoms with van der Waals surface area (Å²) in [6.07, 6.45) is -6.79. The Bertz CT molecular complexity index is 502. The Labute approximate surface area is 137 Å². The van der Waals surface area contributed by atoms with Crippen LogP contribution in [0.2, 0.25) is 0 Å². The van der Waals surface area contributed by atoms with E-state index >= 15 is 0 Å². The number of aliphatic hydroxyl groups excluding tert-OH is 1. The molecule has 1 unspecified atom stereocenters. The molecule has 0 aromatic heterocycles. The van der Waals surface area contributed by atoms with Gasteiger partial charge in [-0.05, 0) is 0 Å². The lowest BCUT2D eigenvalue weighted by Crippen LogP contribution is -2.62. The summed E-state index contributed by atoms with van der Waals surface area (Å²) in [5, 5.41) is 10.0. The first-order valence-electron chi connectivity index (χ1n) is 7.10. The summed E-state index contributed by atoms with van der Waals surface area (Å²) in [6.45, 7) is 4.09. The second kappa shape index (κ2) is 8.60. The van der Waals surface area contributed by atoms with E-state index in [-0.39, 0.29) is 6.61 Å². The van der Waals surface area contributed by atoms with Crippen LogP contribution >= 0.6 is 0 Å². The highest BCUT2D eigenvalue weighted by molar-refractivity contribution is 5.68. The topological polar surface area (TPSA) is 135 Å². The van der Waals surface area contributed by atoms with Crippen molar-refractivity contribution in [1.82, 2.24) is 0 Å². The third kappa shape index (κ3) is 5.78. The van der Waals surface area contributed by atoms with E-state index in [1.807, 2.05) is 0 Å². The molecule has 0 aromatic carbocycles. The van der Waals surface area contributed by atoms with Crippen molar-refractivity contribution in [1.29, 1.82) is 0 Å². The lowest BCUT2D eigenvalue weighted by molar-refractivity contribution is -0.296. The summed E-state index contributed by atoms with van der Waals surface area (Å²) in [5.41, 5.74) is 0. The van der Waals surface area contributed by atoms with Crippen molar-refractivity contribution in [2.45, 2.75) is 58.4 Å². The van der Waals surface area contributed by atoms with E-state index in [2.05, 4.69) is 0 Å². The third-order valence-electron chi connectivity index (χ3n) is 2.97. The molecule has 5 atom stereocenters. The summed E-state index contributed by atoms with van der Waals surface area (Å²) in [6, 6.07) is 0. The Morgan fingerprint density at radius 2 is 1.25 bits per heavy atom. The van der Waals surface area contributed by atoms with Crippen LogP contribution in [0.3, 0.4) is 0 Å². The fourth-order valence-corrected chi connectivity index (χ4v) is 2.21. The van der Waals surface area contributed by atoms with Gasteiger partial charge in [0.25, 0.3) is 0 Å². The van der Waals surface area contributed by atoms with Gasteiger partial charge in [-0.1, -0.05) is 0 Å². The molecule has 10 heteroatoms. The largest absolute Gasteiger partial charge is 0.463 e. The Kier molecular flexibility index (Phi) is 7.11. The highest BCUT2D eigenvalue weighted by Crippen LogP contribution is 2.28. The minimum atomic E-state index is -1.68. The fourth-order valence-electron chi connectivity index (χ4n) is 2.21. The smallest absolute Gasteiger partial charge is 0.303 e. The Balaban J connectivity index is 3.11. The van der Waals surface area contributed by atoms with Crippen LogP contribution in [0.15, 0.2) is 0 Å². The fraction of sp³-hybridized carbons (Fsp3) is 0.714. The molecule has 0 amide bonds. The highest BCUT2D eigenvalue weighted by atomic mass is 16.7. The van der Waals surface area contributed by atoms with Crippen molar-refractivity contribution in [3.05, 3.63) is 0 Å². The van der Waals surface area contributed by atoms with E-state index in [1.54, 1.807) is 0 Å². The Morgan fingerprint density at radius 1 is 0.792 bits per heavy atom. The first-order valence-corrected chi connectivity index (χ1v) is 7.10. The zero-order valence-electron chi connectivity index (χ0n) is 13.7. The summed E-state index contributed by atoms with van der Waals surface area (Å²) >= 11 is 0. The number of rotatable bonds is 5. The third-order valence-corrected chi connectivity index (χ3v) is 2.97. The van der Waals surface area contributed by atoms with Crippen molar-refractivity contribution in [2.24, 2.45) is 0 Å². The summed E-state index contributed by atoms with van der Waals surface area (Å²) in [4.78, 5) is 44.9. The predicted octanol–water partition coefficient (Wildman–Crippen LogP) is -0.938. The number of carbonyl (C=O) groups is 4. The average molecular weight is 348 g/mol. The number of ether oxygens (including phenoxy) is 5. The molecule has 1 heterocycles. The van der Waals surface area contributed by atoms with Crippen LogP contribution in [-0.4, -0.2) is 66.3 Å². The van der Waals surface area contributed by atoms with Gasteiger partial charge >= 0.3 is 23.9 Å². The molecule has 0 radical (unpaired) electrons. The second-order valence-corrected chi connectivity index (χ2v) is 5.09. The molecule has 10 nitrogen and oxygen atoms in total. The standard InChI is InChI=1S/C14H20O10/c1-6(15)20-5-10-11(21-7(2)16)12(22-8(3)17)13(14(19)24-10)23-9(4)18/h10-14,19H,5H2,1-4H3/t10-,11+,12+,13?,14-/m1/s1. The van der Waals surface area contributed by atoms with Crippen LogP contribution in [0.4, 0.5) is 0 Å². The number of aliphatic hydroxyl groups is 1. The van der Waals surface area contributed by atoms with Gasteiger partial charge in [0.15, 0.2) is 24.6 Å². The van der Waals surface area contributed by atoms with Crippen LogP contribution in [0, 0.1) is 0 Å². The number of esters is 4. The average Bonchev–Trinajstić information content (AvgIpc) is 2.42. The molecule has 24 heavy (non-hydrogen) atoms. The maximum Gasteiger partial charge on any atom is 0.303 e. The van der Waals surface area contributed by atoms with E-state index in [9.17, 15) is 24.3 Å². The SMILES string of the molecule is CC(=O)OC[C@H]1O[C@@H](O)C(OC(C)=O)[C@@H](OC(C)=O)[C@H]1OC(C)=O. The molecule has 0 saturated carbocycles. The Morgan fingerprint density at radius 3 is 1.71 bits per heavy atom. The number of hydrogen-bond acceptors (Lipinski definition) is 10. The lowest BCUT2D eigenvalue weighted by atomic mass is 9.98. The quantitative estimate of drug-likeness (QED) is 0.490. The molecular formula is C14H20O10. The first kappa shape index (κ1) is 19.8. The lowest BCUT2D eigenvalue weighted by Gasteiger charge is -2.42. The van der Waals surface area contributed by atoms with Crippen LogP contribution < -0.4 is 0 Å². The normalized spacial score (nSPS) is 29.3. The maximum absolute atomic E-state index is 11.3. The van der Waals surface area contributed by atoms with Crippen LogP contribution in [0.1, 0.15) is 27.7 Å². The summed E-state index contributed by atoms with van der Waals surface area (Å²) < 4.78 is 25.0. The molecule has 136 valence electrons. The van der Waals surface area contributed by atoms with Gasteiger partial charge < -0.3 is 28.8 Å². The van der Waals surface area contributed by atoms with E-state index in [0.29, 0.717) is 0 Å². The van der Waals surface area contributed by atoms with Crippen LogP contribution in [-0.2, 0) is 42.9 Å². The molecule has 1 aliphatic rings. The first-order chi connectivity index (χ1) is 11.1. The molecule has 1 N–H and O–H groups in total. The summed E-state index contributed by atoms with van der Waals surface area (Å²) in [7, 11) is 0. The van der Waals surface area contributed by atoms with Gasteiger partial charge in [0.2, 0.25) is 0 Å². The monoisotopic (exact) mass is 348 g/mol. The van der Waals surface area contributed by atoms with E-state index in [4.69, 9.17) is 23.7 Å². The molecule has 1 rings (SSSR count). The molecule has 0 aliphatic carbocycles. The van der Waals surface area contributed by atoms with E-state index in [0.717, 1.165) is 27.7 Å². The van der Waals surface area contributed by atoms with Crippen molar-refractivity contribution < 1.29 is 48.0 Å². The maximum atomic E-state index is 11.3. The van der Waals surface area contributed by atoms with Gasteiger partial charge in [-0.2, -0.15) is 0 Å². The molecule has 1 saturated heterocycles. The van der Waals surface area contributed by atoms with Gasteiger partial charge in [0.05, 0.1) is 0 Å². The highest BCUT2D eigenvalue weighted by Gasteiger charge is 2.51. The molecule has 1 aliphatic heterocycles. The minimum Gasteiger partial charge on any atom is -0.463 e. The second-order valence-electron chi connectivity index (χ2n) is 5.09. The number of carbonyl (C=O) groups excluding carboxylic acids is 4. The van der Waals surface area contributed by atoms with Gasteiger partial charge in [0, 0.05) is 27.7 Å². The minimum absolute atomic E-state index is 0.366. The van der Waals surface area contributed by atoms with E-state index < -0.39 is 54.6 Å². The summed E-state index contributed by atoms with van der Waals surface area (Å²) in [5.74, 6) is -2.87. The van der Waals surface area contributed by atoms with Crippen LogP contribution in [0.25, 0.3) is 0 Å². The zero-order valence-corrected chi connectivity index (χ0v) is 13.7. The van der Waals surface area contributed by atoms with Gasteiger partial charge in [-0.3, -0.25) is 19.2 Å². The number of hydrogen-bond donors (Lipinski definition) is 1. The van der Waals surface area contributed by atoms with Gasteiger partial charge in [-0.25, -0.2) is 0 Å². The molecule has 0 bridgehead atoms. The molecule has 0 aromatic rings. The van der Waals surface area contributed by atoms with Crippen LogP contribution in [0.5, 0.6) is 0 Å². The van der Waals surface area contributed by atoms with E-state index in [1.165, 1.54) is 0 Å². The van der Waals surface area contributed by atoms with Crippen molar-refractivity contribution in [3.8, 4) is 0 Å². The van der Waals surface area contributed by atoms with Gasteiger partial charge in [0.1, 0.15) is 12.7 Å². The Hall–Kier alpha value is -2.20. The van der Waals surface area contributed by atoms with Crippen molar-refractivity contribution in [2.75, 3.05) is 6.61 Å². The molecule has 1 fully saturated rings.